The summed E-state index contributed by atoms with van der Waals surface area (Å²) in [5.41, 5.74) is 0. The highest BCUT2D eigenvalue weighted by Gasteiger charge is 2.17. The highest BCUT2D eigenvalue weighted by atomic mass is 16.6. The number of unbranched alkanes of at least 4 members (excludes halogenated alkanes) is 18. The molecule has 5 nitrogen and oxygen atoms in total. The molecule has 0 aromatic heterocycles. The molecule has 0 saturated heterocycles. The molecule has 0 fully saturated rings. The van der Waals surface area contributed by atoms with E-state index in [1.807, 2.05) is 12.2 Å². The topological polar surface area (TPSA) is 61.8 Å². The lowest BCUT2D eigenvalue weighted by molar-refractivity contribution is -0.162. The van der Waals surface area contributed by atoms with E-state index in [2.05, 4.69) is 106 Å². The SMILES string of the molecule is CC/C=C\C/C=C\C/C=C\C/C=C\C/C=C\CC(=O)OCC(COCCCCCCCC/C=C\C/C=C\CCCCC)OC(=O)CCCCCCC/C=C\CCCCCC. The summed E-state index contributed by atoms with van der Waals surface area (Å²) < 4.78 is 17.3. The van der Waals surface area contributed by atoms with Crippen molar-refractivity contribution in [3.63, 3.8) is 0 Å². The van der Waals surface area contributed by atoms with Crippen LogP contribution in [0.4, 0.5) is 0 Å². The molecule has 0 saturated carbocycles. The third-order valence-electron chi connectivity index (χ3n) is 10.1. The summed E-state index contributed by atoms with van der Waals surface area (Å²) >= 11 is 0. The van der Waals surface area contributed by atoms with Crippen LogP contribution in [0.2, 0.25) is 0 Å². The molecule has 60 heavy (non-hydrogen) atoms. The molecule has 5 heteroatoms. The van der Waals surface area contributed by atoms with E-state index in [0.29, 0.717) is 13.0 Å². The lowest BCUT2D eigenvalue weighted by Gasteiger charge is -2.18. The smallest absolute Gasteiger partial charge is 0.309 e. The van der Waals surface area contributed by atoms with E-state index in [9.17, 15) is 9.59 Å². The van der Waals surface area contributed by atoms with E-state index in [1.54, 1.807) is 0 Å². The van der Waals surface area contributed by atoms with Gasteiger partial charge >= 0.3 is 11.9 Å². The maximum atomic E-state index is 12.8. The zero-order valence-electron chi connectivity index (χ0n) is 39.2. The van der Waals surface area contributed by atoms with Crippen molar-refractivity contribution in [1.82, 2.24) is 0 Å². The van der Waals surface area contributed by atoms with Gasteiger partial charge in [0, 0.05) is 13.0 Å². The Hall–Kier alpha value is -3.18. The second-order valence-corrected chi connectivity index (χ2v) is 16.0. The molecule has 0 radical (unpaired) electrons. The summed E-state index contributed by atoms with van der Waals surface area (Å²) in [6, 6.07) is 0. The first-order valence-corrected chi connectivity index (χ1v) is 24.8. The first-order valence-electron chi connectivity index (χ1n) is 24.8. The van der Waals surface area contributed by atoms with Gasteiger partial charge in [0.15, 0.2) is 6.10 Å². The molecule has 1 unspecified atom stereocenters. The Morgan fingerprint density at radius 2 is 0.800 bits per heavy atom. The van der Waals surface area contributed by atoms with Gasteiger partial charge in [-0.3, -0.25) is 9.59 Å². The van der Waals surface area contributed by atoms with E-state index < -0.39 is 6.10 Å². The Labute approximate surface area is 371 Å². The zero-order valence-corrected chi connectivity index (χ0v) is 39.2. The summed E-state index contributed by atoms with van der Waals surface area (Å²) in [5.74, 6) is -0.564. The van der Waals surface area contributed by atoms with Crippen LogP contribution in [0.3, 0.4) is 0 Å². The van der Waals surface area contributed by atoms with Crippen LogP contribution in [-0.4, -0.2) is 37.9 Å². The Morgan fingerprint density at radius 3 is 1.33 bits per heavy atom. The van der Waals surface area contributed by atoms with Crippen LogP contribution < -0.4 is 0 Å². The molecule has 0 rings (SSSR count). The molecule has 0 aliphatic carbocycles. The summed E-state index contributed by atoms with van der Waals surface area (Å²) in [4.78, 5) is 25.3. The van der Waals surface area contributed by atoms with E-state index >= 15 is 0 Å². The Balaban J connectivity index is 4.43. The third-order valence-corrected chi connectivity index (χ3v) is 10.1. The molecule has 0 aliphatic rings. The number of carbonyl (C=O) groups is 2. The van der Waals surface area contributed by atoms with Crippen LogP contribution in [0.5, 0.6) is 0 Å². The van der Waals surface area contributed by atoms with Crippen LogP contribution in [0.15, 0.2) is 97.2 Å². The predicted octanol–water partition coefficient (Wildman–Crippen LogP) is 16.7. The van der Waals surface area contributed by atoms with Crippen molar-refractivity contribution >= 4 is 11.9 Å². The number of ether oxygens (including phenoxy) is 3. The van der Waals surface area contributed by atoms with Crippen molar-refractivity contribution in [3.05, 3.63) is 97.2 Å². The van der Waals surface area contributed by atoms with Gasteiger partial charge in [-0.15, -0.1) is 0 Å². The minimum atomic E-state index is -0.590. The van der Waals surface area contributed by atoms with Gasteiger partial charge in [0.2, 0.25) is 0 Å². The summed E-state index contributed by atoms with van der Waals surface area (Å²) in [5, 5.41) is 0. The summed E-state index contributed by atoms with van der Waals surface area (Å²) in [6.45, 7) is 7.53. The molecule has 1 atom stereocenters. The van der Waals surface area contributed by atoms with Gasteiger partial charge in [-0.1, -0.05) is 195 Å². The largest absolute Gasteiger partial charge is 0.461 e. The highest BCUT2D eigenvalue weighted by molar-refractivity contribution is 5.71. The fourth-order valence-corrected chi connectivity index (χ4v) is 6.43. The standard InChI is InChI=1S/C55H92O5/c1-4-7-10-13-16-19-22-25-27-29-32-35-38-41-44-47-50-58-51-53(60-55(57)49-46-43-40-37-34-30-24-21-18-15-12-9-6-3)52-59-54(56)48-45-42-39-36-33-31-28-26-23-20-17-14-11-8-5-2/h8,11,16-17,19-21,24-28,33,36,42,45,53H,4-7,9-10,12-15,18,22-23,29-32,34-35,37-41,43-44,46-52H2,1-3H3/b11-8-,19-16-,20-17-,24-21-,27-25-,28-26-,36-33-,45-42-. The van der Waals surface area contributed by atoms with Crippen LogP contribution in [0.1, 0.15) is 213 Å². The van der Waals surface area contributed by atoms with Gasteiger partial charge in [-0.2, -0.15) is 0 Å². The van der Waals surface area contributed by atoms with Gasteiger partial charge in [-0.25, -0.2) is 0 Å². The van der Waals surface area contributed by atoms with Crippen molar-refractivity contribution in [2.45, 2.75) is 219 Å². The Kier molecular flexibility index (Phi) is 47.5. The molecule has 0 aromatic carbocycles. The molecular formula is C55H92O5. The second-order valence-electron chi connectivity index (χ2n) is 16.0. The van der Waals surface area contributed by atoms with Crippen molar-refractivity contribution in [3.8, 4) is 0 Å². The van der Waals surface area contributed by atoms with Crippen molar-refractivity contribution in [1.29, 1.82) is 0 Å². The number of allylic oxidation sites excluding steroid dienone is 15. The lowest BCUT2D eigenvalue weighted by Crippen LogP contribution is -2.30. The molecular weight excluding hydrogens is 741 g/mol. The van der Waals surface area contributed by atoms with Gasteiger partial charge in [0.05, 0.1) is 13.0 Å². The molecule has 342 valence electrons. The van der Waals surface area contributed by atoms with Crippen molar-refractivity contribution in [2.24, 2.45) is 0 Å². The average Bonchev–Trinajstić information content (AvgIpc) is 3.25. The predicted molar refractivity (Wildman–Crippen MR) is 260 cm³/mol. The lowest BCUT2D eigenvalue weighted by atomic mass is 10.1. The fourth-order valence-electron chi connectivity index (χ4n) is 6.43. The molecule has 0 bridgehead atoms. The van der Waals surface area contributed by atoms with Crippen molar-refractivity contribution < 1.29 is 23.8 Å². The van der Waals surface area contributed by atoms with Gasteiger partial charge in [-0.05, 0) is 103 Å². The minimum Gasteiger partial charge on any atom is -0.461 e. The fraction of sp³-hybridized carbons (Fsp3) is 0.673. The molecule has 0 spiro atoms. The average molecular weight is 833 g/mol. The first-order chi connectivity index (χ1) is 29.6. The first kappa shape index (κ1) is 56.8. The molecule has 0 N–H and O–H groups in total. The second kappa shape index (κ2) is 50.2. The highest BCUT2D eigenvalue weighted by Crippen LogP contribution is 2.12. The quantitative estimate of drug-likeness (QED) is 0.0348. The maximum absolute atomic E-state index is 12.8. The maximum Gasteiger partial charge on any atom is 0.309 e. The zero-order chi connectivity index (χ0) is 43.5. The molecule has 0 amide bonds. The number of hydrogen-bond acceptors (Lipinski definition) is 5. The molecule has 0 heterocycles. The molecule has 0 aromatic rings. The van der Waals surface area contributed by atoms with E-state index in [-0.39, 0.29) is 31.6 Å². The number of esters is 2. The monoisotopic (exact) mass is 833 g/mol. The van der Waals surface area contributed by atoms with Crippen LogP contribution in [0, 0.1) is 0 Å². The minimum absolute atomic E-state index is 0.0189. The Morgan fingerprint density at radius 1 is 0.400 bits per heavy atom. The van der Waals surface area contributed by atoms with Gasteiger partial charge in [0.1, 0.15) is 6.61 Å². The van der Waals surface area contributed by atoms with E-state index in [1.165, 1.54) is 96.3 Å². The van der Waals surface area contributed by atoms with Crippen LogP contribution >= 0.6 is 0 Å². The van der Waals surface area contributed by atoms with Crippen molar-refractivity contribution in [2.75, 3.05) is 19.8 Å². The van der Waals surface area contributed by atoms with E-state index in [0.717, 1.165) is 83.5 Å². The number of carbonyl (C=O) groups excluding carboxylic acids is 2. The Bertz CT molecular complexity index is 1170. The number of hydrogen-bond donors (Lipinski definition) is 0. The van der Waals surface area contributed by atoms with Gasteiger partial charge in [0.25, 0.3) is 0 Å². The third kappa shape index (κ3) is 47.5. The van der Waals surface area contributed by atoms with E-state index in [4.69, 9.17) is 14.2 Å². The normalized spacial score (nSPS) is 13.1. The summed E-state index contributed by atoms with van der Waals surface area (Å²) in [6.07, 6.45) is 67.2. The number of rotatable bonds is 44. The van der Waals surface area contributed by atoms with Crippen LogP contribution in [0.25, 0.3) is 0 Å². The van der Waals surface area contributed by atoms with Gasteiger partial charge < -0.3 is 14.2 Å². The summed E-state index contributed by atoms with van der Waals surface area (Å²) in [7, 11) is 0. The van der Waals surface area contributed by atoms with Crippen LogP contribution in [-0.2, 0) is 23.8 Å². The molecule has 0 aliphatic heterocycles.